The molecule has 1 heterocycles. The van der Waals surface area contributed by atoms with Gasteiger partial charge in [-0.05, 0) is 49.2 Å². The van der Waals surface area contributed by atoms with Gasteiger partial charge in [-0.3, -0.25) is 0 Å². The fourth-order valence-corrected chi connectivity index (χ4v) is 4.01. The van der Waals surface area contributed by atoms with Crippen molar-refractivity contribution in [3.63, 3.8) is 0 Å². The largest absolute Gasteiger partial charge is 0.337 e. The van der Waals surface area contributed by atoms with E-state index < -0.39 is 0 Å². The number of rotatable bonds is 2. The van der Waals surface area contributed by atoms with Gasteiger partial charge >= 0.3 is 0 Å². The zero-order chi connectivity index (χ0) is 11.3. The molecule has 3 atom stereocenters. The molecular formula is C13H20N2S. The Hall–Kier alpha value is -0.570. The number of fused-ring (bicyclic) bond motifs is 2. The maximum absolute atomic E-state index is 5.45. The van der Waals surface area contributed by atoms with Crippen LogP contribution in [0.5, 0.6) is 0 Å². The topological polar surface area (TPSA) is 20.7 Å². The van der Waals surface area contributed by atoms with E-state index in [0.717, 1.165) is 16.6 Å². The lowest BCUT2D eigenvalue weighted by Crippen LogP contribution is -2.18. The minimum atomic E-state index is 0.562. The Kier molecular flexibility index (Phi) is 2.46. The molecule has 3 unspecified atom stereocenters. The molecule has 2 aliphatic carbocycles. The molecule has 1 N–H and O–H groups in total. The van der Waals surface area contributed by atoms with Gasteiger partial charge in [-0.1, -0.05) is 20.3 Å². The molecule has 0 saturated heterocycles. The summed E-state index contributed by atoms with van der Waals surface area (Å²) in [6, 6.07) is 0.690. The number of hydrogen-bond donors (Lipinski definition) is 1. The quantitative estimate of drug-likeness (QED) is 0.769. The molecule has 0 aromatic carbocycles. The molecule has 16 heavy (non-hydrogen) atoms. The lowest BCUT2D eigenvalue weighted by Gasteiger charge is -2.26. The van der Waals surface area contributed by atoms with Gasteiger partial charge in [0.05, 0.1) is 0 Å². The molecule has 3 rings (SSSR count). The second-order valence-corrected chi connectivity index (χ2v) is 6.17. The van der Waals surface area contributed by atoms with Crippen molar-refractivity contribution in [3.8, 4) is 0 Å². The molecule has 2 saturated carbocycles. The zero-order valence-corrected chi connectivity index (χ0v) is 10.9. The minimum absolute atomic E-state index is 0.562. The van der Waals surface area contributed by atoms with Gasteiger partial charge in [-0.2, -0.15) is 0 Å². The molecular weight excluding hydrogens is 216 g/mol. The first-order valence-electron chi connectivity index (χ1n) is 6.46. The van der Waals surface area contributed by atoms with Crippen molar-refractivity contribution >= 4 is 12.2 Å². The molecule has 1 aromatic heterocycles. The van der Waals surface area contributed by atoms with Gasteiger partial charge in [0.1, 0.15) is 0 Å². The van der Waals surface area contributed by atoms with Gasteiger partial charge < -0.3 is 9.55 Å². The van der Waals surface area contributed by atoms with E-state index in [-0.39, 0.29) is 0 Å². The van der Waals surface area contributed by atoms with E-state index in [1.54, 1.807) is 0 Å². The van der Waals surface area contributed by atoms with Gasteiger partial charge in [0.25, 0.3) is 0 Å². The first-order valence-corrected chi connectivity index (χ1v) is 6.87. The summed E-state index contributed by atoms with van der Waals surface area (Å²) in [7, 11) is 0. The smallest absolute Gasteiger partial charge is 0.177 e. The third-order valence-corrected chi connectivity index (χ3v) is 4.78. The minimum Gasteiger partial charge on any atom is -0.337 e. The number of aromatic nitrogens is 2. The van der Waals surface area contributed by atoms with Crippen molar-refractivity contribution in [1.82, 2.24) is 9.55 Å². The van der Waals surface area contributed by atoms with Crippen LogP contribution in [-0.2, 0) is 0 Å². The number of aromatic amines is 1. The highest BCUT2D eigenvalue weighted by molar-refractivity contribution is 7.71. The molecule has 0 spiro atoms. The summed E-state index contributed by atoms with van der Waals surface area (Å²) in [4.78, 5) is 3.23. The summed E-state index contributed by atoms with van der Waals surface area (Å²) >= 11 is 5.45. The summed E-state index contributed by atoms with van der Waals surface area (Å²) < 4.78 is 3.35. The van der Waals surface area contributed by atoms with Crippen LogP contribution in [0.4, 0.5) is 0 Å². The van der Waals surface area contributed by atoms with Crippen molar-refractivity contribution in [2.24, 2.45) is 11.8 Å². The zero-order valence-electron chi connectivity index (χ0n) is 10.1. The van der Waals surface area contributed by atoms with Gasteiger partial charge in [0.2, 0.25) is 0 Å². The highest BCUT2D eigenvalue weighted by Crippen LogP contribution is 2.51. The Morgan fingerprint density at radius 3 is 2.75 bits per heavy atom. The van der Waals surface area contributed by atoms with Crippen LogP contribution < -0.4 is 0 Å². The second-order valence-electron chi connectivity index (χ2n) is 5.79. The average molecular weight is 236 g/mol. The van der Waals surface area contributed by atoms with Crippen molar-refractivity contribution < 1.29 is 0 Å². The molecule has 2 aliphatic rings. The summed E-state index contributed by atoms with van der Waals surface area (Å²) in [5.41, 5.74) is 1.39. The normalized spacial score (nSPS) is 32.8. The van der Waals surface area contributed by atoms with Crippen LogP contribution in [-0.4, -0.2) is 9.55 Å². The molecule has 2 bridgehead atoms. The highest BCUT2D eigenvalue weighted by atomic mass is 32.1. The summed E-state index contributed by atoms with van der Waals surface area (Å²) in [5.74, 6) is 2.43. The number of nitrogens with zero attached hydrogens (tertiary/aromatic N) is 1. The number of hydrogen-bond acceptors (Lipinski definition) is 1. The molecule has 1 aromatic rings. The van der Waals surface area contributed by atoms with Crippen LogP contribution in [0, 0.1) is 16.6 Å². The third-order valence-electron chi connectivity index (χ3n) is 4.46. The van der Waals surface area contributed by atoms with Crippen LogP contribution in [0.15, 0.2) is 6.20 Å². The van der Waals surface area contributed by atoms with E-state index in [9.17, 15) is 0 Å². The Morgan fingerprint density at radius 1 is 1.38 bits per heavy atom. The molecule has 3 heteroatoms. The SMILES string of the molecule is CC(C)c1c[nH]c(=S)n1C1CC2CCC1C2. The molecule has 0 aliphatic heterocycles. The van der Waals surface area contributed by atoms with Crippen molar-refractivity contribution in [1.29, 1.82) is 0 Å². The maximum atomic E-state index is 5.45. The molecule has 2 nitrogen and oxygen atoms in total. The van der Waals surface area contributed by atoms with Crippen molar-refractivity contribution in [2.45, 2.75) is 51.5 Å². The van der Waals surface area contributed by atoms with E-state index in [4.69, 9.17) is 12.2 Å². The van der Waals surface area contributed by atoms with Gasteiger partial charge in [0.15, 0.2) is 4.77 Å². The predicted octanol–water partition coefficient (Wildman–Crippen LogP) is 4.03. The second kappa shape index (κ2) is 3.73. The van der Waals surface area contributed by atoms with E-state index in [0.29, 0.717) is 12.0 Å². The van der Waals surface area contributed by atoms with E-state index in [1.807, 2.05) is 0 Å². The number of imidazole rings is 1. The van der Waals surface area contributed by atoms with E-state index in [2.05, 4.69) is 29.6 Å². The van der Waals surface area contributed by atoms with Gasteiger partial charge in [-0.15, -0.1) is 0 Å². The Labute approximate surface area is 102 Å². The summed E-state index contributed by atoms with van der Waals surface area (Å²) in [5, 5.41) is 0. The molecule has 88 valence electrons. The van der Waals surface area contributed by atoms with E-state index >= 15 is 0 Å². The average Bonchev–Trinajstić information content (AvgIpc) is 2.90. The van der Waals surface area contributed by atoms with Gasteiger partial charge in [-0.25, -0.2) is 0 Å². The van der Waals surface area contributed by atoms with Crippen LogP contribution in [0.25, 0.3) is 0 Å². The fourth-order valence-electron chi connectivity index (χ4n) is 3.71. The monoisotopic (exact) mass is 236 g/mol. The predicted molar refractivity (Wildman–Crippen MR) is 68.2 cm³/mol. The first-order chi connectivity index (χ1) is 7.66. The lowest BCUT2D eigenvalue weighted by atomic mass is 9.94. The van der Waals surface area contributed by atoms with Crippen molar-refractivity contribution in [3.05, 3.63) is 16.7 Å². The Bertz CT molecular complexity index is 443. The fraction of sp³-hybridized carbons (Fsp3) is 0.769. The molecule has 0 amide bonds. The highest BCUT2D eigenvalue weighted by Gasteiger charge is 2.41. The van der Waals surface area contributed by atoms with Crippen LogP contribution in [0.2, 0.25) is 0 Å². The van der Waals surface area contributed by atoms with Gasteiger partial charge in [0, 0.05) is 17.9 Å². The summed E-state index contributed by atoms with van der Waals surface area (Å²) in [6.45, 7) is 4.50. The first kappa shape index (κ1) is 10.6. The maximum Gasteiger partial charge on any atom is 0.177 e. The van der Waals surface area contributed by atoms with Crippen LogP contribution in [0.1, 0.15) is 57.2 Å². The molecule has 2 fully saturated rings. The number of H-pyrrole nitrogens is 1. The third kappa shape index (κ3) is 1.48. The van der Waals surface area contributed by atoms with Crippen LogP contribution in [0.3, 0.4) is 0 Å². The Balaban J connectivity index is 2.00. The van der Waals surface area contributed by atoms with Crippen LogP contribution >= 0.6 is 12.2 Å². The van der Waals surface area contributed by atoms with E-state index in [1.165, 1.54) is 31.4 Å². The number of nitrogens with one attached hydrogen (secondary N) is 1. The lowest BCUT2D eigenvalue weighted by molar-refractivity contribution is 0.318. The van der Waals surface area contributed by atoms with Crippen molar-refractivity contribution in [2.75, 3.05) is 0 Å². The standard InChI is InChI=1S/C13H20N2S/c1-8(2)12-7-14-13(16)15(12)11-6-9-3-4-10(11)5-9/h7-11H,3-6H2,1-2H3,(H,14,16). The Morgan fingerprint density at radius 2 is 2.19 bits per heavy atom. The summed E-state index contributed by atoms with van der Waals surface area (Å²) in [6.07, 6.45) is 7.78. The molecule has 0 radical (unpaired) electrons.